The van der Waals surface area contributed by atoms with E-state index in [1.807, 2.05) is 13.8 Å². The van der Waals surface area contributed by atoms with Gasteiger partial charge in [0.25, 0.3) is 5.91 Å². The van der Waals surface area contributed by atoms with Crippen LogP contribution in [-0.2, 0) is 19.3 Å². The van der Waals surface area contributed by atoms with Gasteiger partial charge >= 0.3 is 6.18 Å². The third-order valence-corrected chi connectivity index (χ3v) is 5.54. The van der Waals surface area contributed by atoms with Gasteiger partial charge < -0.3 is 4.90 Å². The molecule has 0 unspecified atom stereocenters. The zero-order valence-electron chi connectivity index (χ0n) is 13.9. The molecular weight excluding hydrogens is 317 g/mol. The van der Waals surface area contributed by atoms with Gasteiger partial charge in [-0.05, 0) is 55.4 Å². The fourth-order valence-corrected chi connectivity index (χ4v) is 4.02. The van der Waals surface area contributed by atoms with E-state index in [0.717, 1.165) is 13.1 Å². The summed E-state index contributed by atoms with van der Waals surface area (Å²) in [6.45, 7) is 6.13. The molecule has 0 N–H and O–H groups in total. The van der Waals surface area contributed by atoms with Crippen molar-refractivity contribution >= 4 is 5.91 Å². The van der Waals surface area contributed by atoms with Gasteiger partial charge in [0.1, 0.15) is 0 Å². The molecular formula is C18H21F3N2O. The average Bonchev–Trinajstić information content (AvgIpc) is 3.16. The summed E-state index contributed by atoms with van der Waals surface area (Å²) in [5.74, 6) is -0.283. The number of hydrogen-bond acceptors (Lipinski definition) is 2. The van der Waals surface area contributed by atoms with E-state index in [0.29, 0.717) is 17.5 Å². The lowest BCUT2D eigenvalue weighted by Gasteiger charge is -2.40. The minimum Gasteiger partial charge on any atom is -0.332 e. The first-order valence-corrected chi connectivity index (χ1v) is 8.45. The molecule has 2 fully saturated rings. The Kier molecular flexibility index (Phi) is 3.30. The maximum Gasteiger partial charge on any atom is 0.416 e. The molecule has 1 aromatic rings. The highest BCUT2D eigenvalue weighted by atomic mass is 19.4. The lowest BCUT2D eigenvalue weighted by atomic mass is 9.94. The van der Waals surface area contributed by atoms with Gasteiger partial charge in [0.05, 0.1) is 5.56 Å². The Hall–Kier alpha value is -1.56. The number of benzene rings is 1. The van der Waals surface area contributed by atoms with Crippen LogP contribution in [0.25, 0.3) is 0 Å². The topological polar surface area (TPSA) is 23.6 Å². The van der Waals surface area contributed by atoms with E-state index >= 15 is 0 Å². The third kappa shape index (κ3) is 2.51. The van der Waals surface area contributed by atoms with E-state index < -0.39 is 11.7 Å². The molecule has 1 saturated carbocycles. The number of carbonyl (C=O) groups excluding carboxylic acids is 1. The molecule has 2 aliphatic heterocycles. The first kappa shape index (κ1) is 15.9. The summed E-state index contributed by atoms with van der Waals surface area (Å²) in [6.07, 6.45) is -1.95. The van der Waals surface area contributed by atoms with Gasteiger partial charge in [-0.25, -0.2) is 0 Å². The first-order valence-electron chi connectivity index (χ1n) is 8.45. The van der Waals surface area contributed by atoms with E-state index in [1.165, 1.54) is 23.8 Å². The molecule has 0 aromatic heterocycles. The second-order valence-electron chi connectivity index (χ2n) is 7.84. The van der Waals surface area contributed by atoms with Crippen molar-refractivity contribution in [3.8, 4) is 0 Å². The molecule has 2 heterocycles. The van der Waals surface area contributed by atoms with Crippen LogP contribution >= 0.6 is 0 Å². The Morgan fingerprint density at radius 2 is 1.88 bits per heavy atom. The van der Waals surface area contributed by atoms with Gasteiger partial charge in [0.15, 0.2) is 0 Å². The van der Waals surface area contributed by atoms with Crippen molar-refractivity contribution in [3.63, 3.8) is 0 Å². The molecule has 1 spiro atoms. The van der Waals surface area contributed by atoms with Crippen molar-refractivity contribution < 1.29 is 18.0 Å². The van der Waals surface area contributed by atoms with Crippen LogP contribution in [0.4, 0.5) is 13.2 Å². The minimum atomic E-state index is -4.43. The molecule has 1 saturated heterocycles. The van der Waals surface area contributed by atoms with E-state index in [-0.39, 0.29) is 29.6 Å². The summed E-state index contributed by atoms with van der Waals surface area (Å²) < 4.78 is 40.5. The molecule has 6 heteroatoms. The minimum absolute atomic E-state index is 0.0494. The van der Waals surface area contributed by atoms with Crippen LogP contribution in [0.3, 0.4) is 0 Å². The highest BCUT2D eigenvalue weighted by Crippen LogP contribution is 2.53. The summed E-state index contributed by atoms with van der Waals surface area (Å²) in [5, 5.41) is 0. The number of halogens is 3. The number of alkyl halides is 3. The Bertz CT molecular complexity index is 699. The van der Waals surface area contributed by atoms with Gasteiger partial charge in [0.2, 0.25) is 0 Å². The van der Waals surface area contributed by atoms with Crippen LogP contribution in [0, 0.1) is 5.41 Å². The van der Waals surface area contributed by atoms with Crippen LogP contribution in [0.2, 0.25) is 0 Å². The highest BCUT2D eigenvalue weighted by Gasteiger charge is 2.52. The number of fused-ring (bicyclic) bond motifs is 1. The molecule has 24 heavy (non-hydrogen) atoms. The smallest absolute Gasteiger partial charge is 0.332 e. The van der Waals surface area contributed by atoms with Crippen LogP contribution in [0.15, 0.2) is 12.1 Å². The summed E-state index contributed by atoms with van der Waals surface area (Å²) in [7, 11) is 0. The summed E-state index contributed by atoms with van der Waals surface area (Å²) in [5.41, 5.74) is 0.777. The van der Waals surface area contributed by atoms with Gasteiger partial charge in [-0.1, -0.05) is 0 Å². The largest absolute Gasteiger partial charge is 0.416 e. The van der Waals surface area contributed by atoms with E-state index in [1.54, 1.807) is 6.07 Å². The Balaban J connectivity index is 1.66. The number of carbonyl (C=O) groups is 1. The van der Waals surface area contributed by atoms with E-state index in [9.17, 15) is 18.0 Å². The van der Waals surface area contributed by atoms with Crippen molar-refractivity contribution in [2.24, 2.45) is 5.41 Å². The second kappa shape index (κ2) is 4.97. The average molecular weight is 338 g/mol. The number of amides is 1. The quantitative estimate of drug-likeness (QED) is 0.840. The predicted octanol–water partition coefficient (Wildman–Crippen LogP) is 3.67. The number of rotatable bonds is 3. The van der Waals surface area contributed by atoms with Crippen LogP contribution < -0.4 is 0 Å². The zero-order valence-corrected chi connectivity index (χ0v) is 13.9. The summed E-state index contributed by atoms with van der Waals surface area (Å²) >= 11 is 0. The van der Waals surface area contributed by atoms with Crippen molar-refractivity contribution in [1.29, 1.82) is 0 Å². The molecule has 4 rings (SSSR count). The van der Waals surface area contributed by atoms with Crippen molar-refractivity contribution in [1.82, 2.24) is 9.80 Å². The molecule has 3 aliphatic rings. The molecule has 0 bridgehead atoms. The normalized spacial score (nSPS) is 22.2. The van der Waals surface area contributed by atoms with Gasteiger partial charge in [-0.2, -0.15) is 13.2 Å². The molecule has 1 amide bonds. The maximum absolute atomic E-state index is 13.5. The molecule has 0 radical (unpaired) electrons. The fraction of sp³-hybridized carbons (Fsp3) is 0.611. The molecule has 1 aliphatic carbocycles. The van der Waals surface area contributed by atoms with Crippen LogP contribution in [0.5, 0.6) is 0 Å². The fourth-order valence-electron chi connectivity index (χ4n) is 4.02. The monoisotopic (exact) mass is 338 g/mol. The van der Waals surface area contributed by atoms with Crippen LogP contribution in [0.1, 0.15) is 53.7 Å². The lowest BCUT2D eigenvalue weighted by Crippen LogP contribution is -2.47. The van der Waals surface area contributed by atoms with E-state index in [2.05, 4.69) is 4.90 Å². The van der Waals surface area contributed by atoms with Gasteiger partial charge in [-0.3, -0.25) is 9.69 Å². The predicted molar refractivity (Wildman–Crippen MR) is 83.4 cm³/mol. The number of nitrogens with zero attached hydrogens (tertiary/aromatic N) is 2. The van der Waals surface area contributed by atoms with Crippen molar-refractivity contribution in [2.45, 2.75) is 52.0 Å². The SMILES string of the molecule is CC(C)N1Cc2c(cc(CN3CC4(CC4)C3)cc2C(F)(F)F)C1=O. The Labute approximate surface area is 139 Å². The third-order valence-electron chi connectivity index (χ3n) is 5.54. The first-order chi connectivity index (χ1) is 11.2. The summed E-state index contributed by atoms with van der Waals surface area (Å²) in [4.78, 5) is 16.2. The standard InChI is InChI=1S/C18H21F3N2O/c1-11(2)23-8-14-13(16(23)24)5-12(6-15(14)18(19,20)21)7-22-9-17(10-22)3-4-17/h5-6,11H,3-4,7-10H2,1-2H3. The molecule has 3 nitrogen and oxygen atoms in total. The molecule has 1 aromatic carbocycles. The molecule has 0 atom stereocenters. The van der Waals surface area contributed by atoms with Crippen molar-refractivity contribution in [3.05, 3.63) is 34.4 Å². The number of hydrogen-bond donors (Lipinski definition) is 0. The van der Waals surface area contributed by atoms with Crippen LogP contribution in [-0.4, -0.2) is 34.8 Å². The summed E-state index contributed by atoms with van der Waals surface area (Å²) in [6, 6.07) is 2.81. The highest BCUT2D eigenvalue weighted by molar-refractivity contribution is 5.99. The maximum atomic E-state index is 13.5. The van der Waals surface area contributed by atoms with Gasteiger partial charge in [0, 0.05) is 37.8 Å². The Morgan fingerprint density at radius 3 is 2.42 bits per heavy atom. The second-order valence-corrected chi connectivity index (χ2v) is 7.84. The zero-order chi connectivity index (χ0) is 17.3. The van der Waals surface area contributed by atoms with E-state index in [4.69, 9.17) is 0 Å². The molecule has 130 valence electrons. The van der Waals surface area contributed by atoms with Crippen molar-refractivity contribution in [2.75, 3.05) is 13.1 Å². The number of likely N-dealkylation sites (tertiary alicyclic amines) is 1. The van der Waals surface area contributed by atoms with Gasteiger partial charge in [-0.15, -0.1) is 0 Å². The lowest BCUT2D eigenvalue weighted by molar-refractivity contribution is -0.138. The Morgan fingerprint density at radius 1 is 1.21 bits per heavy atom.